The molecule has 0 bridgehead atoms. The number of hydrogen-bond acceptors (Lipinski definition) is 5. The molecule has 0 aliphatic rings. The number of carbonyl (C=O) groups is 3. The van der Waals surface area contributed by atoms with Gasteiger partial charge >= 0.3 is 5.97 Å². The van der Waals surface area contributed by atoms with Crippen LogP contribution in [0.3, 0.4) is 0 Å². The molecule has 9 heteroatoms. The number of nitrogens with one attached hydrogen (secondary N) is 2. The standard InChI is InChI=1S/C23H17Br2N3O4/c24-19-10-3-1-8-17(19)22(30)26-14-21(29)28-27-13-15-6-5-7-16(12-15)32-23(31)18-9-2-4-11-20(18)25/h1-13H,14H2,(H,26,30)(H,28,29)/b27-13+. The summed E-state index contributed by atoms with van der Waals surface area (Å²) in [6, 6.07) is 20.5. The molecular weight excluding hydrogens is 542 g/mol. The van der Waals surface area contributed by atoms with Gasteiger partial charge in [-0.1, -0.05) is 36.4 Å². The van der Waals surface area contributed by atoms with Crippen LogP contribution < -0.4 is 15.5 Å². The summed E-state index contributed by atoms with van der Waals surface area (Å²) in [5.41, 5.74) is 3.78. The fraction of sp³-hybridized carbons (Fsp3) is 0.0435. The molecule has 32 heavy (non-hydrogen) atoms. The van der Waals surface area contributed by atoms with Crippen LogP contribution in [-0.4, -0.2) is 30.5 Å². The third kappa shape index (κ3) is 6.60. The van der Waals surface area contributed by atoms with E-state index in [4.69, 9.17) is 4.74 Å². The smallest absolute Gasteiger partial charge is 0.344 e. The average Bonchev–Trinajstić information content (AvgIpc) is 2.78. The third-order valence-corrected chi connectivity index (χ3v) is 5.48. The number of hydrogen-bond donors (Lipinski definition) is 2. The van der Waals surface area contributed by atoms with Crippen LogP contribution in [0.15, 0.2) is 86.8 Å². The predicted molar refractivity (Wildman–Crippen MR) is 128 cm³/mol. The number of esters is 1. The molecule has 0 saturated carbocycles. The lowest BCUT2D eigenvalue weighted by Gasteiger charge is -2.07. The molecule has 0 fully saturated rings. The Hall–Kier alpha value is -3.30. The summed E-state index contributed by atoms with van der Waals surface area (Å²) in [6.45, 7) is -0.235. The first-order valence-electron chi connectivity index (χ1n) is 9.35. The maximum absolute atomic E-state index is 12.3. The van der Waals surface area contributed by atoms with Crippen molar-refractivity contribution in [3.05, 3.63) is 98.4 Å². The van der Waals surface area contributed by atoms with E-state index in [-0.39, 0.29) is 12.5 Å². The number of carbonyl (C=O) groups excluding carboxylic acids is 3. The number of rotatable bonds is 7. The van der Waals surface area contributed by atoms with Gasteiger partial charge in [-0.15, -0.1) is 0 Å². The third-order valence-electron chi connectivity index (χ3n) is 4.09. The van der Waals surface area contributed by atoms with Crippen LogP contribution in [0.5, 0.6) is 5.75 Å². The summed E-state index contributed by atoms with van der Waals surface area (Å²) in [4.78, 5) is 36.4. The Morgan fingerprint density at radius 1 is 0.875 bits per heavy atom. The van der Waals surface area contributed by atoms with Gasteiger partial charge in [0.2, 0.25) is 0 Å². The highest BCUT2D eigenvalue weighted by molar-refractivity contribution is 9.10. The molecule has 3 aromatic rings. The number of nitrogens with zero attached hydrogens (tertiary/aromatic N) is 1. The van der Waals surface area contributed by atoms with E-state index < -0.39 is 11.9 Å². The van der Waals surface area contributed by atoms with Crippen molar-refractivity contribution in [2.24, 2.45) is 5.10 Å². The zero-order valence-electron chi connectivity index (χ0n) is 16.5. The van der Waals surface area contributed by atoms with Gasteiger partial charge in [0.15, 0.2) is 0 Å². The van der Waals surface area contributed by atoms with Crippen molar-refractivity contribution in [3.8, 4) is 5.75 Å². The van der Waals surface area contributed by atoms with Crippen LogP contribution in [0.1, 0.15) is 26.3 Å². The van der Waals surface area contributed by atoms with E-state index in [0.29, 0.717) is 31.4 Å². The van der Waals surface area contributed by atoms with Crippen LogP contribution in [0.4, 0.5) is 0 Å². The van der Waals surface area contributed by atoms with Crippen LogP contribution >= 0.6 is 31.9 Å². The number of ether oxygens (including phenoxy) is 1. The Morgan fingerprint density at radius 3 is 2.22 bits per heavy atom. The van der Waals surface area contributed by atoms with Crippen molar-refractivity contribution in [2.45, 2.75) is 0 Å². The van der Waals surface area contributed by atoms with Gasteiger partial charge in [0.1, 0.15) is 5.75 Å². The molecule has 0 saturated heterocycles. The van der Waals surface area contributed by atoms with Gasteiger partial charge in [-0.25, -0.2) is 10.2 Å². The Balaban J connectivity index is 1.52. The molecule has 2 amide bonds. The second kappa shape index (κ2) is 11.4. The van der Waals surface area contributed by atoms with E-state index in [1.54, 1.807) is 72.8 Å². The van der Waals surface area contributed by atoms with E-state index in [9.17, 15) is 14.4 Å². The highest BCUT2D eigenvalue weighted by Gasteiger charge is 2.12. The quantitative estimate of drug-likeness (QED) is 0.195. The van der Waals surface area contributed by atoms with Crippen molar-refractivity contribution in [1.82, 2.24) is 10.7 Å². The van der Waals surface area contributed by atoms with Crippen LogP contribution in [0.25, 0.3) is 0 Å². The molecule has 0 aromatic heterocycles. The minimum Gasteiger partial charge on any atom is -0.423 e. The monoisotopic (exact) mass is 557 g/mol. The number of benzene rings is 3. The van der Waals surface area contributed by atoms with Crippen molar-refractivity contribution >= 4 is 55.9 Å². The Morgan fingerprint density at radius 2 is 1.53 bits per heavy atom. The molecule has 0 spiro atoms. The van der Waals surface area contributed by atoms with Gasteiger partial charge in [0.05, 0.1) is 23.9 Å². The number of halogens is 2. The predicted octanol–water partition coefficient (Wildman–Crippen LogP) is 4.31. The van der Waals surface area contributed by atoms with E-state index in [1.165, 1.54) is 6.21 Å². The molecule has 2 N–H and O–H groups in total. The van der Waals surface area contributed by atoms with Gasteiger partial charge < -0.3 is 10.1 Å². The summed E-state index contributed by atoms with van der Waals surface area (Å²) >= 11 is 6.61. The molecule has 0 aliphatic heterocycles. The molecule has 0 aliphatic carbocycles. The maximum Gasteiger partial charge on any atom is 0.344 e. The normalized spacial score (nSPS) is 10.6. The lowest BCUT2D eigenvalue weighted by molar-refractivity contribution is -0.120. The average molecular weight is 559 g/mol. The maximum atomic E-state index is 12.3. The highest BCUT2D eigenvalue weighted by Crippen LogP contribution is 2.20. The fourth-order valence-electron chi connectivity index (χ4n) is 2.57. The molecule has 7 nitrogen and oxygen atoms in total. The summed E-state index contributed by atoms with van der Waals surface area (Å²) in [5.74, 6) is -1.03. The molecular formula is C23H17Br2N3O4. The second-order valence-electron chi connectivity index (χ2n) is 6.40. The molecule has 3 aromatic carbocycles. The van der Waals surface area contributed by atoms with E-state index in [0.717, 1.165) is 0 Å². The van der Waals surface area contributed by atoms with Crippen molar-refractivity contribution in [2.75, 3.05) is 6.54 Å². The van der Waals surface area contributed by atoms with Crippen molar-refractivity contribution < 1.29 is 19.1 Å². The first-order chi connectivity index (χ1) is 15.4. The van der Waals surface area contributed by atoms with Gasteiger partial charge in [0, 0.05) is 8.95 Å². The topological polar surface area (TPSA) is 96.9 Å². The first kappa shape index (κ1) is 23.4. The summed E-state index contributed by atoms with van der Waals surface area (Å²) < 4.78 is 6.67. The zero-order valence-corrected chi connectivity index (χ0v) is 19.7. The molecule has 0 radical (unpaired) electrons. The lowest BCUT2D eigenvalue weighted by Crippen LogP contribution is -2.35. The van der Waals surface area contributed by atoms with E-state index in [1.807, 2.05) is 0 Å². The minimum absolute atomic E-state index is 0.235. The van der Waals surface area contributed by atoms with Gasteiger partial charge in [-0.3, -0.25) is 9.59 Å². The lowest BCUT2D eigenvalue weighted by atomic mass is 10.2. The van der Waals surface area contributed by atoms with Gasteiger partial charge in [-0.2, -0.15) is 5.10 Å². The van der Waals surface area contributed by atoms with Crippen molar-refractivity contribution in [3.63, 3.8) is 0 Å². The zero-order chi connectivity index (χ0) is 22.9. The number of hydrazone groups is 1. The van der Waals surface area contributed by atoms with Gasteiger partial charge in [-0.05, 0) is 73.8 Å². The molecule has 162 valence electrons. The molecule has 0 atom stereocenters. The van der Waals surface area contributed by atoms with Crippen LogP contribution in [0.2, 0.25) is 0 Å². The SMILES string of the molecule is O=C(CNC(=O)c1ccccc1Br)N/N=C/c1cccc(OC(=O)c2ccccc2Br)c1. The Labute approximate surface area is 201 Å². The van der Waals surface area contributed by atoms with Gasteiger partial charge in [0.25, 0.3) is 11.8 Å². The molecule has 0 unspecified atom stereocenters. The van der Waals surface area contributed by atoms with Crippen LogP contribution in [0, 0.1) is 0 Å². The minimum atomic E-state index is -0.499. The molecule has 3 rings (SSSR count). The highest BCUT2D eigenvalue weighted by atomic mass is 79.9. The summed E-state index contributed by atoms with van der Waals surface area (Å²) in [6.07, 6.45) is 1.41. The first-order valence-corrected chi connectivity index (χ1v) is 10.9. The fourth-order valence-corrected chi connectivity index (χ4v) is 3.48. The van der Waals surface area contributed by atoms with Crippen molar-refractivity contribution in [1.29, 1.82) is 0 Å². The second-order valence-corrected chi connectivity index (χ2v) is 8.11. The van der Waals surface area contributed by atoms with E-state index >= 15 is 0 Å². The summed E-state index contributed by atoms with van der Waals surface area (Å²) in [7, 11) is 0. The number of amides is 2. The summed E-state index contributed by atoms with van der Waals surface area (Å²) in [5, 5.41) is 6.39. The largest absolute Gasteiger partial charge is 0.423 e. The Bertz CT molecular complexity index is 1180. The van der Waals surface area contributed by atoms with Crippen LogP contribution in [-0.2, 0) is 4.79 Å². The molecule has 0 heterocycles. The van der Waals surface area contributed by atoms with E-state index in [2.05, 4.69) is 47.7 Å². The Kier molecular flexibility index (Phi) is 8.29.